The number of anilines is 2. The number of ether oxygens (including phenoxy) is 1. The number of nitrogens with two attached hydrogens (primary N) is 1. The third-order valence-electron chi connectivity index (χ3n) is 14.1. The summed E-state index contributed by atoms with van der Waals surface area (Å²) in [7, 11) is 0. The number of benzene rings is 3. The smallest absolute Gasteiger partial charge is 0.262 e. The summed E-state index contributed by atoms with van der Waals surface area (Å²) in [5.74, 6) is 0.170. The van der Waals surface area contributed by atoms with Gasteiger partial charge in [-0.25, -0.2) is 4.68 Å². The lowest BCUT2D eigenvalue weighted by Gasteiger charge is -2.38. The van der Waals surface area contributed by atoms with Gasteiger partial charge in [-0.15, -0.1) is 0 Å². The van der Waals surface area contributed by atoms with Gasteiger partial charge in [-0.05, 0) is 124 Å². The molecular formula is C50H57N9O8. The Kier molecular flexibility index (Phi) is 13.4. The zero-order valence-electron chi connectivity index (χ0n) is 37.5. The first-order chi connectivity index (χ1) is 32.5. The number of para-hydroxylation sites is 1. The minimum absolute atomic E-state index is 0.00597. The van der Waals surface area contributed by atoms with E-state index in [0.717, 1.165) is 80.4 Å². The molecule has 0 spiro atoms. The van der Waals surface area contributed by atoms with Crippen LogP contribution in [0.25, 0.3) is 11.3 Å². The molecule has 4 aromatic rings. The highest BCUT2D eigenvalue weighted by atomic mass is 16.5. The van der Waals surface area contributed by atoms with E-state index in [1.165, 1.54) is 12.1 Å². The van der Waals surface area contributed by atoms with Crippen LogP contribution in [0.1, 0.15) is 121 Å². The average Bonchev–Trinajstić information content (AvgIpc) is 3.85. The number of nitrogens with zero attached hydrogens (tertiary/aromatic N) is 4. The van der Waals surface area contributed by atoms with Crippen LogP contribution in [-0.4, -0.2) is 99.2 Å². The highest BCUT2D eigenvalue weighted by Crippen LogP contribution is 2.41. The summed E-state index contributed by atoms with van der Waals surface area (Å²) in [6.45, 7) is 2.10. The molecule has 2 atom stereocenters. The summed E-state index contributed by atoms with van der Waals surface area (Å²) in [4.78, 5) is 92.1. The van der Waals surface area contributed by atoms with E-state index in [-0.39, 0.29) is 54.4 Å². The molecule has 350 valence electrons. The lowest BCUT2D eigenvalue weighted by Crippen LogP contribution is -2.54. The van der Waals surface area contributed by atoms with E-state index in [2.05, 4.69) is 21.3 Å². The topological polar surface area (TPSA) is 227 Å². The Morgan fingerprint density at radius 3 is 2.27 bits per heavy atom. The largest absolute Gasteiger partial charge is 0.457 e. The molecule has 17 nitrogen and oxygen atoms in total. The van der Waals surface area contributed by atoms with E-state index in [0.29, 0.717) is 66.4 Å². The zero-order chi connectivity index (χ0) is 46.6. The van der Waals surface area contributed by atoms with Crippen molar-refractivity contribution in [3.8, 4) is 22.8 Å². The molecule has 3 fully saturated rings. The second-order valence-corrected chi connectivity index (χ2v) is 18.4. The molecule has 17 heteroatoms. The van der Waals surface area contributed by atoms with E-state index < -0.39 is 35.6 Å². The number of rotatable bonds is 15. The maximum atomic E-state index is 13.3. The summed E-state index contributed by atoms with van der Waals surface area (Å²) >= 11 is 0. The van der Waals surface area contributed by atoms with E-state index >= 15 is 0 Å². The molecule has 5 heterocycles. The van der Waals surface area contributed by atoms with Gasteiger partial charge in [0.1, 0.15) is 34.6 Å². The number of unbranched alkanes of at least 4 members (excludes halogenated alkanes) is 1. The molecule has 1 aliphatic carbocycles. The number of hydrogen-bond donors (Lipinski definition) is 5. The van der Waals surface area contributed by atoms with Crippen molar-refractivity contribution < 1.29 is 38.3 Å². The van der Waals surface area contributed by atoms with Crippen LogP contribution in [-0.2, 0) is 19.2 Å². The number of primary amides is 1. The second kappa shape index (κ2) is 19.8. The van der Waals surface area contributed by atoms with E-state index in [1.807, 2.05) is 64.2 Å². The second-order valence-electron chi connectivity index (χ2n) is 18.4. The molecule has 1 unspecified atom stereocenters. The fourth-order valence-corrected chi connectivity index (χ4v) is 10.5. The molecule has 7 amide bonds. The van der Waals surface area contributed by atoms with Crippen LogP contribution < -0.4 is 31.7 Å². The van der Waals surface area contributed by atoms with Gasteiger partial charge in [-0.1, -0.05) is 31.0 Å². The molecular weight excluding hydrogens is 855 g/mol. The van der Waals surface area contributed by atoms with Gasteiger partial charge in [0, 0.05) is 49.8 Å². The van der Waals surface area contributed by atoms with Crippen LogP contribution in [0.4, 0.5) is 11.5 Å². The SMILES string of the molecule is NC(=O)c1c(-c2ccc(Oc3ccccc3)cc2)nn2c1NCC[C@H]2C1CCN(C(=O)CCCC[C@H]2CC[C@H](NC(=O)CNc3ccc4c(c3)C(=O)N(C3CCC(=O)NC3=O)C4=O)CC2)CC1. The molecule has 67 heavy (non-hydrogen) atoms. The summed E-state index contributed by atoms with van der Waals surface area (Å²) in [6.07, 6.45) is 9.93. The maximum absolute atomic E-state index is 13.3. The Morgan fingerprint density at radius 2 is 1.54 bits per heavy atom. The summed E-state index contributed by atoms with van der Waals surface area (Å²) < 4.78 is 7.93. The number of aromatic nitrogens is 2. The summed E-state index contributed by atoms with van der Waals surface area (Å²) in [5.41, 5.74) is 8.50. The maximum Gasteiger partial charge on any atom is 0.262 e. The molecule has 5 aliphatic rings. The first-order valence-electron chi connectivity index (χ1n) is 23.7. The number of piperidine rings is 2. The molecule has 0 radical (unpaired) electrons. The van der Waals surface area contributed by atoms with Crippen molar-refractivity contribution in [2.45, 2.75) is 102 Å². The number of hydrogen-bond acceptors (Lipinski definition) is 11. The lowest BCUT2D eigenvalue weighted by atomic mass is 9.83. The number of likely N-dealkylation sites (tertiary alicyclic amines) is 1. The van der Waals surface area contributed by atoms with Crippen LogP contribution in [0.5, 0.6) is 11.5 Å². The van der Waals surface area contributed by atoms with Gasteiger partial charge in [0.2, 0.25) is 23.6 Å². The Morgan fingerprint density at radius 1 is 0.806 bits per heavy atom. The van der Waals surface area contributed by atoms with Gasteiger partial charge < -0.3 is 31.3 Å². The summed E-state index contributed by atoms with van der Waals surface area (Å²) in [5, 5.41) is 16.8. The van der Waals surface area contributed by atoms with E-state index in [4.69, 9.17) is 15.6 Å². The van der Waals surface area contributed by atoms with Crippen molar-refractivity contribution in [2.24, 2.45) is 17.6 Å². The minimum Gasteiger partial charge on any atom is -0.457 e. The monoisotopic (exact) mass is 911 g/mol. The van der Waals surface area contributed by atoms with Gasteiger partial charge >= 0.3 is 0 Å². The third-order valence-corrected chi connectivity index (χ3v) is 14.1. The fourth-order valence-electron chi connectivity index (χ4n) is 10.5. The van der Waals surface area contributed by atoms with Gasteiger partial charge in [0.05, 0.1) is 23.7 Å². The number of amides is 7. The highest BCUT2D eigenvalue weighted by molar-refractivity contribution is 6.23. The van der Waals surface area contributed by atoms with Crippen molar-refractivity contribution in [1.82, 2.24) is 30.2 Å². The van der Waals surface area contributed by atoms with Crippen LogP contribution in [0, 0.1) is 11.8 Å². The average molecular weight is 912 g/mol. The van der Waals surface area contributed by atoms with Crippen molar-refractivity contribution in [1.29, 1.82) is 0 Å². The molecule has 1 saturated carbocycles. The molecule has 3 aromatic carbocycles. The van der Waals surface area contributed by atoms with Crippen molar-refractivity contribution in [2.75, 3.05) is 36.8 Å². The van der Waals surface area contributed by atoms with Crippen LogP contribution >= 0.6 is 0 Å². The first kappa shape index (κ1) is 45.1. The Bertz CT molecular complexity index is 2540. The van der Waals surface area contributed by atoms with Crippen LogP contribution in [0.2, 0.25) is 0 Å². The Labute approximate surface area is 388 Å². The molecule has 6 N–H and O–H groups in total. The normalized spacial score (nSPS) is 21.8. The molecule has 1 aromatic heterocycles. The minimum atomic E-state index is -1.04. The number of fused-ring (bicyclic) bond motifs is 2. The Balaban J connectivity index is 0.676. The molecule has 9 rings (SSSR count). The van der Waals surface area contributed by atoms with E-state index in [9.17, 15) is 33.6 Å². The Hall–Kier alpha value is -7.04. The zero-order valence-corrected chi connectivity index (χ0v) is 37.5. The number of carbonyl (C=O) groups excluding carboxylic acids is 7. The number of nitrogens with one attached hydrogen (secondary N) is 4. The molecule has 2 saturated heterocycles. The first-order valence-corrected chi connectivity index (χ1v) is 23.7. The molecule has 4 aliphatic heterocycles. The number of imide groups is 2. The van der Waals surface area contributed by atoms with Gasteiger partial charge in [0.25, 0.3) is 17.7 Å². The highest BCUT2D eigenvalue weighted by Gasteiger charge is 2.45. The van der Waals surface area contributed by atoms with Crippen LogP contribution in [0.15, 0.2) is 72.8 Å². The van der Waals surface area contributed by atoms with Crippen molar-refractivity contribution >= 4 is 52.9 Å². The molecule has 0 bridgehead atoms. The standard InChI is InChI=1S/C50H57N9O8/c51-46(63)44-45(32-12-17-36(18-13-32)67-35-7-2-1-3-8-35)56-59-39(22-25-52-47(44)59)31-23-26-57(27-24-31)43(62)9-5-4-6-30-10-14-33(15-11-30)54-42(61)29-53-34-16-19-37-38(28-34)50(66)58(49(37)65)40-20-21-41(60)55-48(40)64/h1-3,7-8,12-13,16-19,28,30-31,33,39-40,52-53H,4-6,9-11,14-15,20-27,29H2,(H2,51,63)(H,54,61)(H,55,60,64)/t30-,33-,39-,40?/m0/s1. The van der Waals surface area contributed by atoms with Crippen molar-refractivity contribution in [3.05, 3.63) is 89.5 Å². The predicted octanol–water partition coefficient (Wildman–Crippen LogP) is 5.79. The fraction of sp³-hybridized carbons (Fsp3) is 0.440. The van der Waals surface area contributed by atoms with Gasteiger partial charge in [-0.2, -0.15) is 5.10 Å². The number of carbonyl (C=O) groups is 7. The van der Waals surface area contributed by atoms with E-state index in [1.54, 1.807) is 6.07 Å². The third kappa shape index (κ3) is 9.91. The quantitative estimate of drug-likeness (QED) is 0.0709. The van der Waals surface area contributed by atoms with Crippen molar-refractivity contribution in [3.63, 3.8) is 0 Å². The van der Waals surface area contributed by atoms with Gasteiger partial charge in [0.15, 0.2) is 0 Å². The van der Waals surface area contributed by atoms with Crippen LogP contribution in [0.3, 0.4) is 0 Å². The summed E-state index contributed by atoms with van der Waals surface area (Å²) in [6, 6.07) is 20.8. The van der Waals surface area contributed by atoms with Gasteiger partial charge in [-0.3, -0.25) is 43.8 Å². The predicted molar refractivity (Wildman–Crippen MR) is 248 cm³/mol. The lowest BCUT2D eigenvalue weighted by molar-refractivity contribution is -0.136.